The number of carbonyl (C=O) groups is 1. The fourth-order valence-corrected chi connectivity index (χ4v) is 3.18. The smallest absolute Gasteiger partial charge is 0.417 e. The van der Waals surface area contributed by atoms with E-state index < -0.39 is 17.6 Å². The van der Waals surface area contributed by atoms with Crippen molar-refractivity contribution >= 4 is 27.7 Å². The highest BCUT2D eigenvalue weighted by atomic mass is 79.9. The van der Waals surface area contributed by atoms with Crippen LogP contribution in [0.2, 0.25) is 0 Å². The first-order valence-corrected chi connectivity index (χ1v) is 9.26. The molecule has 0 spiro atoms. The van der Waals surface area contributed by atoms with E-state index in [4.69, 9.17) is 9.47 Å². The summed E-state index contributed by atoms with van der Waals surface area (Å²) < 4.78 is 50.6. The summed E-state index contributed by atoms with van der Waals surface area (Å²) in [4.78, 5) is 16.6. The number of hydrogen-bond donors (Lipinski definition) is 1. The van der Waals surface area contributed by atoms with Crippen LogP contribution in [0.1, 0.15) is 21.6 Å². The zero-order chi connectivity index (χ0) is 22.1. The molecule has 0 aliphatic rings. The number of ether oxygens (including phenoxy) is 2. The first kappa shape index (κ1) is 21.6. The van der Waals surface area contributed by atoms with E-state index in [1.807, 2.05) is 0 Å². The molecule has 1 amide bonds. The van der Waals surface area contributed by atoms with E-state index in [1.54, 1.807) is 13.0 Å². The predicted molar refractivity (Wildman–Crippen MR) is 106 cm³/mol. The molecule has 7 nitrogen and oxygen atoms in total. The van der Waals surface area contributed by atoms with Gasteiger partial charge in [-0.05, 0) is 47.1 Å². The maximum atomic E-state index is 12.8. The van der Waals surface area contributed by atoms with E-state index in [1.165, 1.54) is 37.1 Å². The molecule has 0 radical (unpaired) electrons. The van der Waals surface area contributed by atoms with Crippen LogP contribution in [0, 0.1) is 6.92 Å². The fourth-order valence-electron chi connectivity index (χ4n) is 2.63. The number of amides is 1. The Kier molecular flexibility index (Phi) is 6.01. The minimum Gasteiger partial charge on any atom is -0.495 e. The van der Waals surface area contributed by atoms with Crippen LogP contribution in [-0.4, -0.2) is 34.9 Å². The average molecular weight is 485 g/mol. The zero-order valence-electron chi connectivity index (χ0n) is 16.0. The number of pyridine rings is 1. The summed E-state index contributed by atoms with van der Waals surface area (Å²) in [7, 11) is 2.91. The molecule has 30 heavy (non-hydrogen) atoms. The van der Waals surface area contributed by atoms with Gasteiger partial charge in [0.1, 0.15) is 21.8 Å². The second kappa shape index (κ2) is 8.34. The molecule has 3 aromatic rings. The number of methoxy groups -OCH3 is 2. The molecule has 3 rings (SSSR count). The quantitative estimate of drug-likeness (QED) is 0.571. The van der Waals surface area contributed by atoms with Crippen molar-refractivity contribution in [2.75, 3.05) is 19.5 Å². The summed E-state index contributed by atoms with van der Waals surface area (Å²) >= 11 is 3.33. The van der Waals surface area contributed by atoms with Gasteiger partial charge in [0.15, 0.2) is 5.82 Å². The Morgan fingerprint density at radius 2 is 1.77 bits per heavy atom. The number of aryl methyl sites for hydroxylation is 1. The van der Waals surface area contributed by atoms with E-state index in [9.17, 15) is 18.0 Å². The molecule has 1 aromatic carbocycles. The highest BCUT2D eigenvalue weighted by molar-refractivity contribution is 9.10. The Hall–Kier alpha value is -3.08. The van der Waals surface area contributed by atoms with Crippen molar-refractivity contribution in [2.45, 2.75) is 13.1 Å². The number of rotatable bonds is 5. The highest BCUT2D eigenvalue weighted by Crippen LogP contribution is 2.36. The van der Waals surface area contributed by atoms with Gasteiger partial charge in [-0.2, -0.15) is 23.0 Å². The second-order valence-electron chi connectivity index (χ2n) is 6.13. The van der Waals surface area contributed by atoms with Crippen molar-refractivity contribution in [1.29, 1.82) is 0 Å². The van der Waals surface area contributed by atoms with Crippen LogP contribution in [0.4, 0.5) is 19.0 Å². The molecule has 0 saturated carbocycles. The number of aromatic nitrogens is 3. The number of anilines is 1. The molecular weight excluding hydrogens is 469 g/mol. The Bertz CT molecular complexity index is 1060. The van der Waals surface area contributed by atoms with E-state index in [2.05, 4.69) is 31.3 Å². The zero-order valence-corrected chi connectivity index (χ0v) is 17.6. The van der Waals surface area contributed by atoms with Gasteiger partial charge in [-0.3, -0.25) is 4.79 Å². The molecule has 0 aliphatic carbocycles. The lowest BCUT2D eigenvalue weighted by Crippen LogP contribution is -2.16. The van der Waals surface area contributed by atoms with Gasteiger partial charge in [0.2, 0.25) is 0 Å². The third kappa shape index (κ3) is 4.40. The molecule has 2 heterocycles. The topological polar surface area (TPSA) is 78.3 Å². The van der Waals surface area contributed by atoms with Gasteiger partial charge in [-0.25, -0.2) is 4.98 Å². The third-order valence-corrected chi connectivity index (χ3v) is 4.85. The lowest BCUT2D eigenvalue weighted by Gasteiger charge is -2.13. The van der Waals surface area contributed by atoms with Crippen LogP contribution in [0.25, 0.3) is 5.82 Å². The number of hydrogen-bond acceptors (Lipinski definition) is 5. The Labute approximate surface area is 177 Å². The van der Waals surface area contributed by atoms with Gasteiger partial charge >= 0.3 is 6.18 Å². The van der Waals surface area contributed by atoms with Crippen molar-refractivity contribution in [1.82, 2.24) is 14.8 Å². The third-order valence-electron chi connectivity index (χ3n) is 4.07. The first-order valence-electron chi connectivity index (χ1n) is 8.47. The lowest BCUT2D eigenvalue weighted by atomic mass is 10.2. The van der Waals surface area contributed by atoms with Crippen molar-refractivity contribution in [2.24, 2.45) is 0 Å². The molecule has 158 valence electrons. The number of carbonyl (C=O) groups excluding carboxylic acids is 1. The molecule has 0 atom stereocenters. The van der Waals surface area contributed by atoms with Crippen LogP contribution in [-0.2, 0) is 6.18 Å². The van der Waals surface area contributed by atoms with E-state index >= 15 is 0 Å². The van der Waals surface area contributed by atoms with Crippen molar-refractivity contribution in [3.05, 3.63) is 57.8 Å². The van der Waals surface area contributed by atoms with Crippen LogP contribution in [0.3, 0.4) is 0 Å². The summed E-state index contributed by atoms with van der Waals surface area (Å²) in [6, 6.07) is 6.69. The van der Waals surface area contributed by atoms with Gasteiger partial charge in [0.25, 0.3) is 5.91 Å². The Morgan fingerprint density at radius 3 is 2.27 bits per heavy atom. The first-order chi connectivity index (χ1) is 14.1. The fraction of sp³-hybridized carbons (Fsp3) is 0.211. The number of halogens is 4. The number of nitrogens with zero attached hydrogens (tertiary/aromatic N) is 3. The molecule has 0 aliphatic heterocycles. The van der Waals surface area contributed by atoms with E-state index in [0.29, 0.717) is 27.9 Å². The molecule has 0 fully saturated rings. The molecule has 2 aromatic heterocycles. The van der Waals surface area contributed by atoms with Gasteiger partial charge < -0.3 is 14.8 Å². The summed E-state index contributed by atoms with van der Waals surface area (Å²) in [5.74, 6) is 0.664. The van der Waals surface area contributed by atoms with Crippen LogP contribution in [0.5, 0.6) is 11.5 Å². The normalized spacial score (nSPS) is 11.3. The van der Waals surface area contributed by atoms with Crippen molar-refractivity contribution in [3.8, 4) is 17.3 Å². The summed E-state index contributed by atoms with van der Waals surface area (Å²) in [6.07, 6.45) is -3.79. The predicted octanol–water partition coefficient (Wildman–Crippen LogP) is 4.63. The summed E-state index contributed by atoms with van der Waals surface area (Å²) in [5, 5.41) is 6.89. The summed E-state index contributed by atoms with van der Waals surface area (Å²) in [6.45, 7) is 1.68. The van der Waals surface area contributed by atoms with E-state index in [-0.39, 0.29) is 17.2 Å². The van der Waals surface area contributed by atoms with Crippen molar-refractivity contribution < 1.29 is 27.4 Å². The minimum atomic E-state index is -4.50. The Morgan fingerprint density at radius 1 is 1.13 bits per heavy atom. The van der Waals surface area contributed by atoms with Gasteiger partial charge in [-0.1, -0.05) is 0 Å². The molecular formula is C19H16BrF3N4O3. The lowest BCUT2D eigenvalue weighted by molar-refractivity contribution is -0.137. The van der Waals surface area contributed by atoms with E-state index in [0.717, 1.165) is 6.07 Å². The average Bonchev–Trinajstić information content (AvgIpc) is 3.07. The molecule has 0 unspecified atom stereocenters. The largest absolute Gasteiger partial charge is 0.495 e. The maximum absolute atomic E-state index is 12.8. The highest BCUT2D eigenvalue weighted by Gasteiger charge is 2.30. The molecule has 11 heteroatoms. The van der Waals surface area contributed by atoms with Crippen molar-refractivity contribution in [3.63, 3.8) is 0 Å². The van der Waals surface area contributed by atoms with Gasteiger partial charge in [0, 0.05) is 17.8 Å². The van der Waals surface area contributed by atoms with Crippen LogP contribution in [0.15, 0.2) is 41.0 Å². The Balaban J connectivity index is 1.93. The maximum Gasteiger partial charge on any atom is 0.417 e. The summed E-state index contributed by atoms with van der Waals surface area (Å²) in [5.41, 5.74) is -0.0922. The second-order valence-corrected chi connectivity index (χ2v) is 6.93. The van der Waals surface area contributed by atoms with Gasteiger partial charge in [0.05, 0.1) is 25.5 Å². The number of nitrogens with one attached hydrogen (secondary N) is 1. The molecule has 0 bridgehead atoms. The molecule has 1 N–H and O–H groups in total. The monoisotopic (exact) mass is 484 g/mol. The SMILES string of the molecule is COc1cc(C(=O)Nc2cc(C)nn2-c2ccc(C(F)(F)F)cn2)cc(OC)c1Br. The van der Waals surface area contributed by atoms with Gasteiger partial charge in [-0.15, -0.1) is 0 Å². The van der Waals surface area contributed by atoms with Crippen LogP contribution < -0.4 is 14.8 Å². The standard InChI is InChI=1S/C19H16BrF3N4O3/c1-10-6-16(27(26-10)15-5-4-12(9-24-15)19(21,22)23)25-18(28)11-7-13(29-2)17(20)14(8-11)30-3/h4-9H,1-3H3,(H,25,28). The molecule has 0 saturated heterocycles. The number of benzene rings is 1. The number of alkyl halides is 3. The minimum absolute atomic E-state index is 0.123. The van der Waals surface area contributed by atoms with Crippen LogP contribution >= 0.6 is 15.9 Å².